The Kier molecular flexibility index (Phi) is 11.9. The van der Waals surface area contributed by atoms with E-state index in [9.17, 15) is 33.6 Å². The topological polar surface area (TPSA) is 143 Å². The second kappa shape index (κ2) is 13.9. The number of imide groups is 1. The van der Waals surface area contributed by atoms with Crippen molar-refractivity contribution in [2.75, 3.05) is 32.4 Å². The summed E-state index contributed by atoms with van der Waals surface area (Å²) in [7, 11) is -3.72. The lowest BCUT2D eigenvalue weighted by Crippen LogP contribution is -2.54. The fourth-order valence-electron chi connectivity index (χ4n) is 4.69. The second-order valence-electron chi connectivity index (χ2n) is 12.3. The Hall–Kier alpha value is -2.40. The maximum atomic E-state index is 14.1. The number of carbonyl (C=O) groups is 3. The van der Waals surface area contributed by atoms with Crippen LogP contribution in [0.15, 0.2) is 12.1 Å². The van der Waals surface area contributed by atoms with Crippen LogP contribution in [0.25, 0.3) is 0 Å². The zero-order chi connectivity index (χ0) is 32.1. The number of nitrogens with zero attached hydrogens (tertiary/aromatic N) is 2. The normalized spacial score (nSPS) is 21.5. The number of halogens is 2. The number of aromatic hydroxyl groups is 1. The summed E-state index contributed by atoms with van der Waals surface area (Å²) < 4.78 is 44.5. The van der Waals surface area contributed by atoms with Crippen molar-refractivity contribution in [3.8, 4) is 5.75 Å². The Morgan fingerprint density at radius 2 is 1.67 bits per heavy atom. The zero-order valence-corrected chi connectivity index (χ0v) is 27.0. The van der Waals surface area contributed by atoms with Crippen LogP contribution in [-0.2, 0) is 29.9 Å². The van der Waals surface area contributed by atoms with E-state index in [0.29, 0.717) is 5.56 Å². The van der Waals surface area contributed by atoms with Gasteiger partial charge < -0.3 is 24.2 Å². The second-order valence-corrected chi connectivity index (χ2v) is 15.7. The minimum atomic E-state index is -3.72. The molecule has 0 spiro atoms. The van der Waals surface area contributed by atoms with Crippen molar-refractivity contribution in [1.29, 1.82) is 0 Å². The molecule has 1 fully saturated rings. The highest BCUT2D eigenvalue weighted by molar-refractivity contribution is 7.62. The average molecular weight is 637 g/mol. The highest BCUT2D eigenvalue weighted by Gasteiger charge is 2.58. The van der Waals surface area contributed by atoms with Crippen molar-refractivity contribution >= 4 is 37.1 Å². The molecule has 2 rings (SSSR count). The van der Waals surface area contributed by atoms with Crippen LogP contribution < -0.4 is 0 Å². The van der Waals surface area contributed by atoms with Crippen molar-refractivity contribution in [2.24, 2.45) is 0 Å². The number of phenolic OH excluding ortho intramolecular Hbond substituents is 1. The number of aliphatic carboxylic acids is 1. The van der Waals surface area contributed by atoms with E-state index in [0.717, 1.165) is 11.0 Å². The third-order valence-electron chi connectivity index (χ3n) is 6.52. The summed E-state index contributed by atoms with van der Waals surface area (Å²) in [5, 5.41) is 18.1. The highest BCUT2D eigenvalue weighted by atomic mass is 35.5. The first-order valence-electron chi connectivity index (χ1n) is 13.8. The van der Waals surface area contributed by atoms with Crippen LogP contribution in [0.4, 0.5) is 14.0 Å². The lowest BCUT2D eigenvalue weighted by molar-refractivity contribution is -0.141. The molecule has 1 aliphatic rings. The van der Waals surface area contributed by atoms with Crippen LogP contribution in [0.5, 0.6) is 5.75 Å². The molecule has 1 heterocycles. The minimum absolute atomic E-state index is 0.0383. The Bertz CT molecular complexity index is 1150. The van der Waals surface area contributed by atoms with Crippen molar-refractivity contribution in [3.63, 3.8) is 0 Å². The van der Waals surface area contributed by atoms with E-state index in [4.69, 9.17) is 25.6 Å². The van der Waals surface area contributed by atoms with Crippen molar-refractivity contribution in [3.05, 3.63) is 28.5 Å². The molecule has 2 atom stereocenters. The van der Waals surface area contributed by atoms with Gasteiger partial charge in [0.25, 0.3) is 0 Å². The molecule has 0 saturated carbocycles. The Balaban J connectivity index is 2.27. The van der Waals surface area contributed by atoms with Gasteiger partial charge in [-0.05, 0) is 85.4 Å². The first-order valence-corrected chi connectivity index (χ1v) is 16.0. The molecule has 2 amide bonds. The Morgan fingerprint density at radius 1 is 1.10 bits per heavy atom. The zero-order valence-electron chi connectivity index (χ0n) is 25.4. The predicted molar refractivity (Wildman–Crippen MR) is 156 cm³/mol. The molecule has 2 N–H and O–H groups in total. The number of amides is 2. The van der Waals surface area contributed by atoms with Crippen LogP contribution in [-0.4, -0.2) is 86.9 Å². The van der Waals surface area contributed by atoms with E-state index in [1.54, 1.807) is 53.4 Å². The van der Waals surface area contributed by atoms with Gasteiger partial charge in [-0.2, -0.15) is 0 Å². The summed E-state index contributed by atoms with van der Waals surface area (Å²) in [4.78, 5) is 41.0. The molecular formula is C28H43ClFN2O9P. The third kappa shape index (κ3) is 9.30. The summed E-state index contributed by atoms with van der Waals surface area (Å²) in [5.41, 5.74) is -1.33. The molecule has 1 saturated heterocycles. The lowest BCUT2D eigenvalue weighted by atomic mass is 9.99. The number of carboxylic acids is 1. The van der Waals surface area contributed by atoms with E-state index in [1.165, 1.54) is 6.07 Å². The molecule has 0 aromatic heterocycles. The third-order valence-corrected chi connectivity index (χ3v) is 10.1. The summed E-state index contributed by atoms with van der Waals surface area (Å²) in [6, 6.07) is 2.50. The molecule has 0 radical (unpaired) electrons. The van der Waals surface area contributed by atoms with Crippen molar-refractivity contribution < 1.29 is 47.5 Å². The molecule has 2 unspecified atom stereocenters. The van der Waals surface area contributed by atoms with Gasteiger partial charge in [-0.3, -0.25) is 14.3 Å². The van der Waals surface area contributed by atoms with Crippen molar-refractivity contribution in [2.45, 2.75) is 90.6 Å². The summed E-state index contributed by atoms with van der Waals surface area (Å²) in [6.07, 6.45) is -1.54. The van der Waals surface area contributed by atoms with Gasteiger partial charge in [0.1, 0.15) is 11.2 Å². The van der Waals surface area contributed by atoms with Gasteiger partial charge in [0, 0.05) is 32.3 Å². The van der Waals surface area contributed by atoms with Gasteiger partial charge in [0.05, 0.1) is 11.6 Å². The number of hydrogen-bond donors (Lipinski definition) is 2. The number of hydrogen-bond acceptors (Lipinski definition) is 9. The highest BCUT2D eigenvalue weighted by Crippen LogP contribution is 2.63. The first-order chi connectivity index (χ1) is 19.2. The number of benzene rings is 1. The smallest absolute Gasteiger partial charge is 0.419 e. The van der Waals surface area contributed by atoms with Crippen LogP contribution >= 0.6 is 19.0 Å². The van der Waals surface area contributed by atoms with Crippen molar-refractivity contribution in [1.82, 2.24) is 9.80 Å². The maximum absolute atomic E-state index is 14.1. The number of phenols is 1. The van der Waals surface area contributed by atoms with Crippen LogP contribution in [0.3, 0.4) is 0 Å². The van der Waals surface area contributed by atoms with Gasteiger partial charge in [-0.25, -0.2) is 18.9 Å². The minimum Gasteiger partial charge on any atom is -0.504 e. The monoisotopic (exact) mass is 636 g/mol. The quantitative estimate of drug-likeness (QED) is 0.216. The number of unbranched alkanes of at least 4 members (excludes halogenated alkanes) is 1. The van der Waals surface area contributed by atoms with Crippen LogP contribution in [0.2, 0.25) is 5.02 Å². The van der Waals surface area contributed by atoms with Gasteiger partial charge in [0.15, 0.2) is 16.7 Å². The van der Waals surface area contributed by atoms with E-state index in [-0.39, 0.29) is 63.2 Å². The SMILES string of the molecule is CCOP1(=O)CCN(Cc2cc(F)c(O)c(Cl)c2)CC1(CCCCN(C(=O)OC(C)(C)C)C(=O)OC(C)(C)C)C(=O)O. The molecule has 11 nitrogen and oxygen atoms in total. The number of ether oxygens (including phenoxy) is 2. The molecule has 42 heavy (non-hydrogen) atoms. The molecular weight excluding hydrogens is 594 g/mol. The molecule has 0 bridgehead atoms. The van der Waals surface area contributed by atoms with Gasteiger partial charge in [-0.15, -0.1) is 0 Å². The Labute approximate surface area is 251 Å². The molecule has 238 valence electrons. The predicted octanol–water partition coefficient (Wildman–Crippen LogP) is 6.48. The van der Waals surface area contributed by atoms with Gasteiger partial charge in [0.2, 0.25) is 7.37 Å². The molecule has 1 aliphatic heterocycles. The fraction of sp³-hybridized carbons (Fsp3) is 0.679. The standard InChI is InChI=1S/C28H43ClFN2O9P/c1-8-39-42(38)14-13-31(17-19-15-20(29)22(33)21(30)16-19)18-28(42,23(34)35)11-9-10-12-32(24(36)40-26(2,3)4)25(37)41-27(5,6)7/h15-16,33H,8-14,17-18H2,1-7H3,(H,34,35). The molecule has 1 aromatic rings. The molecule has 14 heteroatoms. The summed E-state index contributed by atoms with van der Waals surface area (Å²) >= 11 is 5.92. The first kappa shape index (κ1) is 35.8. The van der Waals surface area contributed by atoms with E-state index >= 15 is 0 Å². The average Bonchev–Trinajstić information content (AvgIpc) is 2.82. The summed E-state index contributed by atoms with van der Waals surface area (Å²) in [5.74, 6) is -2.87. The summed E-state index contributed by atoms with van der Waals surface area (Å²) in [6.45, 7) is 11.7. The van der Waals surface area contributed by atoms with Gasteiger partial charge >= 0.3 is 18.2 Å². The van der Waals surface area contributed by atoms with Gasteiger partial charge in [-0.1, -0.05) is 11.6 Å². The number of carbonyl (C=O) groups excluding carboxylic acids is 2. The largest absolute Gasteiger partial charge is 0.504 e. The maximum Gasteiger partial charge on any atom is 0.419 e. The fourth-order valence-corrected chi connectivity index (χ4v) is 7.89. The van der Waals surface area contributed by atoms with E-state index < -0.39 is 53.4 Å². The van der Waals surface area contributed by atoms with Crippen LogP contribution in [0.1, 0.15) is 73.3 Å². The molecule has 1 aromatic carbocycles. The number of rotatable bonds is 10. The van der Waals surface area contributed by atoms with E-state index in [1.807, 2.05) is 0 Å². The van der Waals surface area contributed by atoms with Crippen LogP contribution in [0, 0.1) is 5.82 Å². The lowest BCUT2D eigenvalue weighted by Gasteiger charge is -2.45. The van der Waals surface area contributed by atoms with E-state index in [2.05, 4.69) is 0 Å². The molecule has 0 aliphatic carbocycles. The number of carboxylic acid groups (broad SMARTS) is 1. The Morgan fingerprint density at radius 3 is 2.14 bits per heavy atom.